The standard InChI is InChI=1S/C11H18ClN3O/c1-15(2)5-3-13-4-6-16-11-7-10(12)8-14-9-11/h7-9,13H,3-6H2,1-2H3. The summed E-state index contributed by atoms with van der Waals surface area (Å²) in [6.07, 6.45) is 3.25. The van der Waals surface area contributed by atoms with Gasteiger partial charge in [-0.3, -0.25) is 4.98 Å². The Bertz CT molecular complexity index is 307. The fourth-order valence-corrected chi connectivity index (χ4v) is 1.30. The third kappa shape index (κ3) is 5.90. The molecular weight excluding hydrogens is 226 g/mol. The van der Waals surface area contributed by atoms with E-state index in [2.05, 4.69) is 29.3 Å². The molecule has 0 aliphatic heterocycles. The monoisotopic (exact) mass is 243 g/mol. The van der Waals surface area contributed by atoms with Crippen molar-refractivity contribution in [2.24, 2.45) is 0 Å². The minimum absolute atomic E-state index is 0.595. The minimum Gasteiger partial charge on any atom is -0.491 e. The molecule has 0 saturated carbocycles. The highest BCUT2D eigenvalue weighted by Gasteiger charge is 1.95. The molecule has 0 radical (unpaired) electrons. The molecule has 90 valence electrons. The van der Waals surface area contributed by atoms with Crippen molar-refractivity contribution in [3.63, 3.8) is 0 Å². The number of likely N-dealkylation sites (N-methyl/N-ethyl adjacent to an activating group) is 1. The Kier molecular flexibility index (Phi) is 6.15. The Morgan fingerprint density at radius 3 is 2.88 bits per heavy atom. The van der Waals surface area contributed by atoms with Crippen LogP contribution in [0.1, 0.15) is 0 Å². The fraction of sp³-hybridized carbons (Fsp3) is 0.545. The van der Waals surface area contributed by atoms with Gasteiger partial charge in [0.2, 0.25) is 0 Å². The predicted octanol–water partition coefficient (Wildman–Crippen LogP) is 1.26. The summed E-state index contributed by atoms with van der Waals surface area (Å²) in [5.74, 6) is 0.710. The molecule has 0 spiro atoms. The van der Waals surface area contributed by atoms with E-state index >= 15 is 0 Å². The fourth-order valence-electron chi connectivity index (χ4n) is 1.14. The van der Waals surface area contributed by atoms with Gasteiger partial charge in [0, 0.05) is 31.9 Å². The lowest BCUT2D eigenvalue weighted by Gasteiger charge is -2.10. The number of nitrogens with one attached hydrogen (secondary N) is 1. The molecule has 0 bridgehead atoms. The van der Waals surface area contributed by atoms with Crippen LogP contribution in [0.15, 0.2) is 18.5 Å². The van der Waals surface area contributed by atoms with Crippen LogP contribution < -0.4 is 10.1 Å². The smallest absolute Gasteiger partial charge is 0.139 e. The summed E-state index contributed by atoms with van der Waals surface area (Å²) in [5.41, 5.74) is 0. The van der Waals surface area contributed by atoms with Gasteiger partial charge >= 0.3 is 0 Å². The van der Waals surface area contributed by atoms with Crippen LogP contribution in [-0.2, 0) is 0 Å². The van der Waals surface area contributed by atoms with Crippen molar-refractivity contribution in [3.05, 3.63) is 23.5 Å². The second-order valence-corrected chi connectivity index (χ2v) is 4.18. The van der Waals surface area contributed by atoms with E-state index in [1.807, 2.05) is 0 Å². The molecule has 1 heterocycles. The van der Waals surface area contributed by atoms with Crippen molar-refractivity contribution >= 4 is 11.6 Å². The van der Waals surface area contributed by atoms with E-state index in [1.165, 1.54) is 0 Å². The molecule has 0 aromatic carbocycles. The Morgan fingerprint density at radius 1 is 1.38 bits per heavy atom. The van der Waals surface area contributed by atoms with Gasteiger partial charge in [-0.2, -0.15) is 0 Å². The minimum atomic E-state index is 0.595. The second-order valence-electron chi connectivity index (χ2n) is 3.74. The van der Waals surface area contributed by atoms with Crippen LogP contribution in [0.5, 0.6) is 5.75 Å². The Morgan fingerprint density at radius 2 is 2.19 bits per heavy atom. The third-order valence-corrected chi connectivity index (χ3v) is 2.17. The van der Waals surface area contributed by atoms with Gasteiger partial charge in [0.15, 0.2) is 0 Å². The molecule has 0 aliphatic rings. The first-order chi connectivity index (χ1) is 7.68. The van der Waals surface area contributed by atoms with Crippen molar-refractivity contribution in [1.29, 1.82) is 0 Å². The van der Waals surface area contributed by atoms with Crippen molar-refractivity contribution in [2.45, 2.75) is 0 Å². The van der Waals surface area contributed by atoms with Gasteiger partial charge in [-0.05, 0) is 14.1 Å². The lowest BCUT2D eigenvalue weighted by Crippen LogP contribution is -2.29. The van der Waals surface area contributed by atoms with Crippen molar-refractivity contribution in [2.75, 3.05) is 40.3 Å². The summed E-state index contributed by atoms with van der Waals surface area (Å²) in [7, 11) is 4.10. The molecule has 0 fully saturated rings. The van der Waals surface area contributed by atoms with Gasteiger partial charge in [0.05, 0.1) is 11.2 Å². The van der Waals surface area contributed by atoms with E-state index in [1.54, 1.807) is 18.5 Å². The predicted molar refractivity (Wildman–Crippen MR) is 66.2 cm³/mol. The van der Waals surface area contributed by atoms with Crippen molar-refractivity contribution in [3.8, 4) is 5.75 Å². The number of ether oxygens (including phenoxy) is 1. The number of aromatic nitrogens is 1. The lowest BCUT2D eigenvalue weighted by molar-refractivity contribution is 0.307. The summed E-state index contributed by atoms with van der Waals surface area (Å²) < 4.78 is 5.47. The number of nitrogens with zero attached hydrogens (tertiary/aromatic N) is 2. The first-order valence-corrected chi connectivity index (χ1v) is 5.65. The quantitative estimate of drug-likeness (QED) is 0.732. The molecular formula is C11H18ClN3O. The van der Waals surface area contributed by atoms with Crippen molar-refractivity contribution in [1.82, 2.24) is 15.2 Å². The zero-order chi connectivity index (χ0) is 11.8. The van der Waals surface area contributed by atoms with Crippen LogP contribution in [0.4, 0.5) is 0 Å². The van der Waals surface area contributed by atoms with Gasteiger partial charge in [-0.15, -0.1) is 0 Å². The van der Waals surface area contributed by atoms with E-state index in [-0.39, 0.29) is 0 Å². The largest absolute Gasteiger partial charge is 0.491 e. The zero-order valence-corrected chi connectivity index (χ0v) is 10.5. The van der Waals surface area contributed by atoms with Gasteiger partial charge < -0.3 is 15.0 Å². The lowest BCUT2D eigenvalue weighted by atomic mass is 10.4. The number of rotatable bonds is 7. The van der Waals surface area contributed by atoms with Crippen molar-refractivity contribution < 1.29 is 4.74 Å². The topological polar surface area (TPSA) is 37.4 Å². The Balaban J connectivity index is 2.07. The maximum Gasteiger partial charge on any atom is 0.139 e. The van der Waals surface area contributed by atoms with E-state index in [9.17, 15) is 0 Å². The molecule has 1 aromatic rings. The summed E-state index contributed by atoms with van der Waals surface area (Å²) in [6, 6.07) is 1.76. The molecule has 1 N–H and O–H groups in total. The summed E-state index contributed by atoms with van der Waals surface area (Å²) in [5, 5.41) is 3.88. The van der Waals surface area contributed by atoms with Crippen LogP contribution in [-0.4, -0.2) is 50.2 Å². The first-order valence-electron chi connectivity index (χ1n) is 5.27. The highest BCUT2D eigenvalue weighted by molar-refractivity contribution is 6.30. The Hall–Kier alpha value is -0.840. The second kappa shape index (κ2) is 7.44. The van der Waals surface area contributed by atoms with E-state index < -0.39 is 0 Å². The summed E-state index contributed by atoms with van der Waals surface area (Å²) in [4.78, 5) is 6.07. The van der Waals surface area contributed by atoms with Gasteiger partial charge in [0.1, 0.15) is 12.4 Å². The maximum atomic E-state index is 5.78. The zero-order valence-electron chi connectivity index (χ0n) is 9.74. The average Bonchev–Trinajstić information content (AvgIpc) is 2.23. The molecule has 0 saturated heterocycles. The number of halogens is 1. The number of hydrogen-bond donors (Lipinski definition) is 1. The molecule has 5 heteroatoms. The van der Waals surface area contributed by atoms with E-state index in [4.69, 9.17) is 16.3 Å². The molecule has 0 amide bonds. The highest BCUT2D eigenvalue weighted by Crippen LogP contribution is 2.14. The van der Waals surface area contributed by atoms with Crippen LogP contribution >= 0.6 is 11.6 Å². The highest BCUT2D eigenvalue weighted by atomic mass is 35.5. The maximum absolute atomic E-state index is 5.78. The van der Waals surface area contributed by atoms with Gasteiger partial charge in [-0.25, -0.2) is 0 Å². The van der Waals surface area contributed by atoms with E-state index in [0.717, 1.165) is 19.6 Å². The SMILES string of the molecule is CN(C)CCNCCOc1cncc(Cl)c1. The van der Waals surface area contributed by atoms with Crippen LogP contribution in [0.2, 0.25) is 5.02 Å². The molecule has 0 atom stereocenters. The molecule has 16 heavy (non-hydrogen) atoms. The average molecular weight is 244 g/mol. The number of pyridine rings is 1. The third-order valence-electron chi connectivity index (χ3n) is 1.96. The normalized spacial score (nSPS) is 10.8. The molecule has 4 nitrogen and oxygen atoms in total. The summed E-state index contributed by atoms with van der Waals surface area (Å²) >= 11 is 5.78. The van der Waals surface area contributed by atoms with Crippen LogP contribution in [0, 0.1) is 0 Å². The number of hydrogen-bond acceptors (Lipinski definition) is 4. The molecule has 1 rings (SSSR count). The first kappa shape index (κ1) is 13.2. The van der Waals surface area contributed by atoms with Gasteiger partial charge in [0.25, 0.3) is 0 Å². The summed E-state index contributed by atoms with van der Waals surface area (Å²) in [6.45, 7) is 3.43. The van der Waals surface area contributed by atoms with E-state index in [0.29, 0.717) is 17.4 Å². The molecule has 1 aromatic heterocycles. The van der Waals surface area contributed by atoms with Crippen LogP contribution in [0.25, 0.3) is 0 Å². The van der Waals surface area contributed by atoms with Gasteiger partial charge in [-0.1, -0.05) is 11.6 Å². The van der Waals surface area contributed by atoms with Crippen LogP contribution in [0.3, 0.4) is 0 Å². The Labute approximate surface area is 102 Å². The molecule has 0 aliphatic carbocycles. The molecule has 0 unspecified atom stereocenters.